The van der Waals surface area contributed by atoms with E-state index in [1.54, 1.807) is 4.90 Å². The van der Waals surface area contributed by atoms with Gasteiger partial charge in [0.2, 0.25) is 0 Å². The Morgan fingerprint density at radius 1 is 1.24 bits per heavy atom. The molecule has 0 saturated carbocycles. The van der Waals surface area contributed by atoms with E-state index in [-0.39, 0.29) is 11.7 Å². The van der Waals surface area contributed by atoms with Crippen LogP contribution < -0.4 is 4.90 Å². The van der Waals surface area contributed by atoms with Crippen molar-refractivity contribution in [2.45, 2.75) is 27.2 Å². The predicted molar refractivity (Wildman–Crippen MR) is 97.3 cm³/mol. The number of hydrogen-bond acceptors (Lipinski definition) is 3. The molecular weight excluding hydrogens is 316 g/mol. The molecule has 2 aromatic rings. The number of ketones is 1. The number of rotatable bonds is 5. The first-order chi connectivity index (χ1) is 12.0. The highest BCUT2D eigenvalue weighted by Crippen LogP contribution is 2.25. The van der Waals surface area contributed by atoms with Crippen LogP contribution >= 0.6 is 0 Å². The number of H-pyrrole nitrogens is 1. The van der Waals surface area contributed by atoms with Crippen molar-refractivity contribution in [1.82, 2.24) is 4.98 Å². The minimum absolute atomic E-state index is 0.0271. The smallest absolute Gasteiger partial charge is 0.274 e. The number of para-hydroxylation sites is 1. The van der Waals surface area contributed by atoms with Crippen molar-refractivity contribution >= 4 is 17.4 Å². The molecule has 1 aliphatic heterocycles. The van der Waals surface area contributed by atoms with Gasteiger partial charge in [-0.2, -0.15) is 0 Å². The van der Waals surface area contributed by atoms with E-state index in [0.29, 0.717) is 30.3 Å². The van der Waals surface area contributed by atoms with Crippen LogP contribution in [0.3, 0.4) is 0 Å². The normalized spacial score (nSPS) is 16.8. The highest BCUT2D eigenvalue weighted by Gasteiger charge is 2.28. The summed E-state index contributed by atoms with van der Waals surface area (Å²) in [6.45, 7) is 7.22. The first kappa shape index (κ1) is 17.4. The first-order valence-corrected chi connectivity index (χ1v) is 8.63. The van der Waals surface area contributed by atoms with Gasteiger partial charge in [-0.15, -0.1) is 0 Å². The molecule has 0 radical (unpaired) electrons. The zero-order chi connectivity index (χ0) is 18.0. The number of amides is 1. The average Bonchev–Trinajstić information content (AvgIpc) is 3.20. The van der Waals surface area contributed by atoms with Gasteiger partial charge in [0.1, 0.15) is 5.69 Å². The van der Waals surface area contributed by atoms with Crippen LogP contribution in [0.2, 0.25) is 0 Å². The van der Waals surface area contributed by atoms with Gasteiger partial charge >= 0.3 is 0 Å². The molecular formula is C20H24N2O3. The third kappa shape index (κ3) is 3.51. The van der Waals surface area contributed by atoms with Gasteiger partial charge in [-0.05, 0) is 44.9 Å². The van der Waals surface area contributed by atoms with Crippen LogP contribution in [-0.4, -0.2) is 36.4 Å². The number of carbonyl (C=O) groups excluding carboxylic acids is 2. The van der Waals surface area contributed by atoms with Gasteiger partial charge in [-0.25, -0.2) is 0 Å². The minimum Gasteiger partial charge on any atom is -0.381 e. The lowest BCUT2D eigenvalue weighted by atomic mass is 10.0. The monoisotopic (exact) mass is 340 g/mol. The van der Waals surface area contributed by atoms with Gasteiger partial charge in [-0.1, -0.05) is 18.2 Å². The standard InChI is InChI=1S/C20H24N2O3/c1-13-18(15(3)23)14(2)21-19(13)20(24)22(11-16-9-10-25-12-16)17-7-5-4-6-8-17/h4-8,16,21H,9-12H2,1-3H3. The Kier molecular flexibility index (Phi) is 5.04. The Morgan fingerprint density at radius 2 is 1.96 bits per heavy atom. The summed E-state index contributed by atoms with van der Waals surface area (Å²) in [4.78, 5) is 30.1. The highest BCUT2D eigenvalue weighted by molar-refractivity contribution is 6.08. The quantitative estimate of drug-likeness (QED) is 0.847. The third-order valence-corrected chi connectivity index (χ3v) is 4.78. The van der Waals surface area contributed by atoms with Crippen LogP contribution in [0.1, 0.15) is 45.4 Å². The summed E-state index contributed by atoms with van der Waals surface area (Å²) in [5, 5.41) is 0. The van der Waals surface area contributed by atoms with E-state index in [2.05, 4.69) is 4.98 Å². The molecule has 1 N–H and O–H groups in total. The fraction of sp³-hybridized carbons (Fsp3) is 0.400. The van der Waals surface area contributed by atoms with E-state index >= 15 is 0 Å². The summed E-state index contributed by atoms with van der Waals surface area (Å²) in [7, 11) is 0. The number of aryl methyl sites for hydroxylation is 1. The fourth-order valence-corrected chi connectivity index (χ4v) is 3.53. The predicted octanol–water partition coefficient (Wildman–Crippen LogP) is 3.52. The Hall–Kier alpha value is -2.40. The SMILES string of the molecule is CC(=O)c1c(C)[nH]c(C(=O)N(CC2CCOC2)c2ccccc2)c1C. The number of aromatic nitrogens is 1. The Morgan fingerprint density at radius 3 is 2.52 bits per heavy atom. The number of aromatic amines is 1. The van der Waals surface area contributed by atoms with Crippen molar-refractivity contribution in [2.75, 3.05) is 24.7 Å². The van der Waals surface area contributed by atoms with Crippen molar-refractivity contribution in [3.63, 3.8) is 0 Å². The number of anilines is 1. The zero-order valence-corrected chi connectivity index (χ0v) is 15.0. The van der Waals surface area contributed by atoms with Gasteiger partial charge < -0.3 is 14.6 Å². The lowest BCUT2D eigenvalue weighted by Crippen LogP contribution is -2.36. The van der Waals surface area contributed by atoms with Crippen LogP contribution in [0.25, 0.3) is 0 Å². The maximum Gasteiger partial charge on any atom is 0.274 e. The number of Topliss-reactive ketones (excluding diaryl/α,β-unsaturated/α-hetero) is 1. The summed E-state index contributed by atoms with van der Waals surface area (Å²) >= 11 is 0. The van der Waals surface area contributed by atoms with E-state index < -0.39 is 0 Å². The van der Waals surface area contributed by atoms with Gasteiger partial charge in [0.05, 0.1) is 6.61 Å². The Labute approximate surface area is 148 Å². The molecule has 1 amide bonds. The maximum atomic E-state index is 13.3. The van der Waals surface area contributed by atoms with Gasteiger partial charge in [-0.3, -0.25) is 9.59 Å². The summed E-state index contributed by atoms with van der Waals surface area (Å²) in [6.07, 6.45) is 0.956. The molecule has 1 aromatic heterocycles. The number of benzene rings is 1. The van der Waals surface area contributed by atoms with Crippen molar-refractivity contribution in [3.05, 3.63) is 52.8 Å². The van der Waals surface area contributed by atoms with E-state index in [4.69, 9.17) is 4.74 Å². The molecule has 0 aliphatic carbocycles. The summed E-state index contributed by atoms with van der Waals surface area (Å²) in [5.74, 6) is 0.194. The Bertz CT molecular complexity index is 774. The number of nitrogens with zero attached hydrogens (tertiary/aromatic N) is 1. The second kappa shape index (κ2) is 7.23. The molecule has 1 fully saturated rings. The van der Waals surface area contributed by atoms with E-state index in [1.807, 2.05) is 44.2 Å². The lowest BCUT2D eigenvalue weighted by molar-refractivity contribution is 0.0976. The van der Waals surface area contributed by atoms with Crippen LogP contribution in [0, 0.1) is 19.8 Å². The van der Waals surface area contributed by atoms with E-state index in [0.717, 1.165) is 30.0 Å². The molecule has 25 heavy (non-hydrogen) atoms. The van der Waals surface area contributed by atoms with Crippen molar-refractivity contribution in [2.24, 2.45) is 5.92 Å². The molecule has 0 spiro atoms. The van der Waals surface area contributed by atoms with Crippen LogP contribution in [0.15, 0.2) is 30.3 Å². The molecule has 1 aromatic carbocycles. The van der Waals surface area contributed by atoms with E-state index in [9.17, 15) is 9.59 Å². The minimum atomic E-state index is -0.105. The number of nitrogens with one attached hydrogen (secondary N) is 1. The largest absolute Gasteiger partial charge is 0.381 e. The average molecular weight is 340 g/mol. The van der Waals surface area contributed by atoms with Crippen molar-refractivity contribution in [1.29, 1.82) is 0 Å². The fourth-order valence-electron chi connectivity index (χ4n) is 3.53. The number of ether oxygens (including phenoxy) is 1. The number of hydrogen-bond donors (Lipinski definition) is 1. The Balaban J connectivity index is 1.96. The molecule has 3 rings (SSSR count). The van der Waals surface area contributed by atoms with Gasteiger partial charge in [0.15, 0.2) is 5.78 Å². The summed E-state index contributed by atoms with van der Waals surface area (Å²) in [5.41, 5.74) is 3.42. The molecule has 5 nitrogen and oxygen atoms in total. The van der Waals surface area contributed by atoms with Crippen LogP contribution in [-0.2, 0) is 4.74 Å². The number of carbonyl (C=O) groups is 2. The molecule has 1 unspecified atom stereocenters. The molecule has 5 heteroatoms. The molecule has 1 saturated heterocycles. The molecule has 1 aliphatic rings. The second-order valence-corrected chi connectivity index (χ2v) is 6.66. The first-order valence-electron chi connectivity index (χ1n) is 8.63. The second-order valence-electron chi connectivity index (χ2n) is 6.66. The zero-order valence-electron chi connectivity index (χ0n) is 15.0. The van der Waals surface area contributed by atoms with Crippen LogP contribution in [0.4, 0.5) is 5.69 Å². The topological polar surface area (TPSA) is 62.4 Å². The third-order valence-electron chi connectivity index (χ3n) is 4.78. The van der Waals surface area contributed by atoms with Crippen molar-refractivity contribution < 1.29 is 14.3 Å². The van der Waals surface area contributed by atoms with Gasteiger partial charge in [0, 0.05) is 36.0 Å². The highest BCUT2D eigenvalue weighted by atomic mass is 16.5. The lowest BCUT2D eigenvalue weighted by Gasteiger charge is -2.25. The van der Waals surface area contributed by atoms with Gasteiger partial charge in [0.25, 0.3) is 5.91 Å². The van der Waals surface area contributed by atoms with Crippen molar-refractivity contribution in [3.8, 4) is 0 Å². The molecule has 1 atom stereocenters. The maximum absolute atomic E-state index is 13.3. The molecule has 132 valence electrons. The van der Waals surface area contributed by atoms with Crippen LogP contribution in [0.5, 0.6) is 0 Å². The molecule has 0 bridgehead atoms. The summed E-state index contributed by atoms with van der Waals surface area (Å²) in [6, 6.07) is 9.65. The molecule has 2 heterocycles. The van der Waals surface area contributed by atoms with E-state index in [1.165, 1.54) is 6.92 Å². The summed E-state index contributed by atoms with van der Waals surface area (Å²) < 4.78 is 5.47.